The number of rotatable bonds is 6. The molecular formula is C22H23ClN2O4S. The molecule has 158 valence electrons. The van der Waals surface area contributed by atoms with Crippen molar-refractivity contribution in [3.05, 3.63) is 57.4 Å². The fraction of sp³-hybridized carbons (Fsp3) is 0.318. The van der Waals surface area contributed by atoms with Crippen molar-refractivity contribution in [3.63, 3.8) is 0 Å². The summed E-state index contributed by atoms with van der Waals surface area (Å²) in [5.41, 5.74) is 1.87. The predicted octanol–water partition coefficient (Wildman–Crippen LogP) is 5.13. The average molecular weight is 447 g/mol. The van der Waals surface area contributed by atoms with E-state index >= 15 is 0 Å². The molecule has 0 fully saturated rings. The minimum Gasteiger partial charge on any atom is -0.481 e. The third-order valence-corrected chi connectivity index (χ3v) is 6.53. The monoisotopic (exact) mass is 446 g/mol. The second-order valence-corrected chi connectivity index (χ2v) is 8.80. The molecule has 2 unspecified atom stereocenters. The van der Waals surface area contributed by atoms with Gasteiger partial charge >= 0.3 is 5.97 Å². The number of anilines is 2. The molecule has 1 heterocycles. The zero-order valence-electron chi connectivity index (χ0n) is 16.7. The van der Waals surface area contributed by atoms with Gasteiger partial charge in [-0.05, 0) is 56.0 Å². The molecule has 0 saturated heterocycles. The summed E-state index contributed by atoms with van der Waals surface area (Å²) in [6.07, 6.45) is 4.93. The Hall–Kier alpha value is -2.64. The van der Waals surface area contributed by atoms with Crippen LogP contribution in [0.2, 0.25) is 5.02 Å². The van der Waals surface area contributed by atoms with Crippen molar-refractivity contribution >= 4 is 51.4 Å². The highest BCUT2D eigenvalue weighted by Gasteiger charge is 2.35. The quantitative estimate of drug-likeness (QED) is 0.536. The minimum absolute atomic E-state index is 0.320. The van der Waals surface area contributed by atoms with Gasteiger partial charge in [0.25, 0.3) is 5.91 Å². The van der Waals surface area contributed by atoms with Gasteiger partial charge in [0.05, 0.1) is 17.4 Å². The van der Waals surface area contributed by atoms with Gasteiger partial charge in [-0.1, -0.05) is 30.7 Å². The average Bonchev–Trinajstić information content (AvgIpc) is 3.04. The van der Waals surface area contributed by atoms with Crippen LogP contribution in [0.4, 0.5) is 10.7 Å². The Morgan fingerprint density at radius 3 is 2.33 bits per heavy atom. The number of hydrogen-bond acceptors (Lipinski definition) is 4. The highest BCUT2D eigenvalue weighted by molar-refractivity contribution is 7.16. The van der Waals surface area contributed by atoms with E-state index in [1.807, 2.05) is 19.9 Å². The molecule has 1 aliphatic carbocycles. The van der Waals surface area contributed by atoms with Crippen LogP contribution in [0.1, 0.15) is 40.6 Å². The van der Waals surface area contributed by atoms with E-state index in [0.717, 1.165) is 10.4 Å². The first kappa shape index (κ1) is 22.1. The molecule has 3 rings (SSSR count). The number of amides is 2. The Morgan fingerprint density at radius 1 is 1.10 bits per heavy atom. The van der Waals surface area contributed by atoms with Gasteiger partial charge in [-0.15, -0.1) is 11.3 Å². The number of halogens is 1. The molecule has 8 heteroatoms. The molecule has 2 amide bonds. The van der Waals surface area contributed by atoms with E-state index in [0.29, 0.717) is 40.5 Å². The van der Waals surface area contributed by atoms with Crippen molar-refractivity contribution < 1.29 is 19.5 Å². The summed E-state index contributed by atoms with van der Waals surface area (Å²) in [6, 6.07) is 6.77. The second kappa shape index (κ2) is 9.45. The van der Waals surface area contributed by atoms with Gasteiger partial charge in [0.15, 0.2) is 0 Å². The molecule has 1 aromatic heterocycles. The van der Waals surface area contributed by atoms with Crippen LogP contribution < -0.4 is 10.6 Å². The summed E-state index contributed by atoms with van der Waals surface area (Å²) in [5, 5.41) is 16.1. The smallest absolute Gasteiger partial charge is 0.307 e. The zero-order chi connectivity index (χ0) is 21.8. The van der Waals surface area contributed by atoms with Crippen molar-refractivity contribution in [2.45, 2.75) is 33.1 Å². The minimum atomic E-state index is -0.989. The summed E-state index contributed by atoms with van der Waals surface area (Å²) in [6.45, 7) is 3.85. The van der Waals surface area contributed by atoms with E-state index in [9.17, 15) is 19.5 Å². The maximum Gasteiger partial charge on any atom is 0.307 e. The molecule has 0 radical (unpaired) electrons. The predicted molar refractivity (Wildman–Crippen MR) is 119 cm³/mol. The Labute approximate surface area is 183 Å². The van der Waals surface area contributed by atoms with Crippen molar-refractivity contribution in [1.29, 1.82) is 0 Å². The topological polar surface area (TPSA) is 95.5 Å². The van der Waals surface area contributed by atoms with Gasteiger partial charge in [-0.25, -0.2) is 0 Å². The summed E-state index contributed by atoms with van der Waals surface area (Å²) in [5.74, 6) is -3.14. The van der Waals surface area contributed by atoms with Crippen molar-refractivity contribution in [2.75, 3.05) is 10.6 Å². The standard InChI is InChI=1S/C22H23ClN2O4S/c1-3-15-12(2)30-21(18(15)20(27)24-14-10-8-13(23)9-11-14)25-19(26)16-6-4-5-7-17(16)22(28)29/h4-5,8-11,16-17H,3,6-7H2,1-2H3,(H,24,27)(H,25,26)(H,28,29). The van der Waals surface area contributed by atoms with Gasteiger partial charge in [0, 0.05) is 15.6 Å². The van der Waals surface area contributed by atoms with Gasteiger partial charge in [0.2, 0.25) is 5.91 Å². The summed E-state index contributed by atoms with van der Waals surface area (Å²) >= 11 is 7.23. The molecule has 3 N–H and O–H groups in total. The number of aryl methyl sites for hydroxylation is 1. The molecule has 6 nitrogen and oxygen atoms in total. The molecule has 0 spiro atoms. The molecule has 1 aliphatic rings. The summed E-state index contributed by atoms with van der Waals surface area (Å²) in [7, 11) is 0. The Morgan fingerprint density at radius 2 is 1.73 bits per heavy atom. The molecule has 2 atom stereocenters. The van der Waals surface area contributed by atoms with Crippen molar-refractivity contribution in [1.82, 2.24) is 0 Å². The molecule has 1 aromatic carbocycles. The van der Waals surface area contributed by atoms with Crippen LogP contribution in [0.15, 0.2) is 36.4 Å². The molecule has 0 aliphatic heterocycles. The Balaban J connectivity index is 1.87. The van der Waals surface area contributed by atoms with E-state index in [2.05, 4.69) is 10.6 Å². The number of thiophene rings is 1. The molecule has 30 heavy (non-hydrogen) atoms. The fourth-order valence-corrected chi connectivity index (χ4v) is 4.91. The first-order chi connectivity index (χ1) is 14.3. The fourth-order valence-electron chi connectivity index (χ4n) is 3.64. The number of carboxylic acids is 1. The number of carboxylic acid groups (broad SMARTS) is 1. The first-order valence-corrected chi connectivity index (χ1v) is 10.9. The maximum absolute atomic E-state index is 13.0. The number of aliphatic carboxylic acids is 1. The van der Waals surface area contributed by atoms with E-state index < -0.39 is 17.8 Å². The zero-order valence-corrected chi connectivity index (χ0v) is 18.3. The van der Waals surface area contributed by atoms with Crippen LogP contribution in [0.5, 0.6) is 0 Å². The number of carbonyl (C=O) groups excluding carboxylic acids is 2. The second-order valence-electron chi connectivity index (χ2n) is 7.14. The van der Waals surface area contributed by atoms with Crippen LogP contribution in [-0.2, 0) is 16.0 Å². The Bertz CT molecular complexity index is 997. The van der Waals surface area contributed by atoms with Crippen LogP contribution in [0, 0.1) is 18.8 Å². The Kier molecular flexibility index (Phi) is 6.95. The van der Waals surface area contributed by atoms with Crippen LogP contribution in [0.3, 0.4) is 0 Å². The number of benzene rings is 1. The normalized spacial score (nSPS) is 18.1. The SMILES string of the molecule is CCc1c(C)sc(NC(=O)C2CC=CCC2C(=O)O)c1C(=O)Nc1ccc(Cl)cc1. The highest BCUT2D eigenvalue weighted by atomic mass is 35.5. The summed E-state index contributed by atoms with van der Waals surface area (Å²) in [4.78, 5) is 38.4. The van der Waals surface area contributed by atoms with E-state index in [1.165, 1.54) is 11.3 Å². The number of nitrogens with one attached hydrogen (secondary N) is 2. The largest absolute Gasteiger partial charge is 0.481 e. The van der Waals surface area contributed by atoms with Crippen molar-refractivity contribution in [3.8, 4) is 0 Å². The molecule has 0 bridgehead atoms. The van der Waals surface area contributed by atoms with Gasteiger partial charge in [-0.3, -0.25) is 14.4 Å². The van der Waals surface area contributed by atoms with Crippen molar-refractivity contribution in [2.24, 2.45) is 11.8 Å². The van der Waals surface area contributed by atoms with Crippen LogP contribution >= 0.6 is 22.9 Å². The molecule has 0 saturated carbocycles. The van der Waals surface area contributed by atoms with Crippen LogP contribution in [0.25, 0.3) is 0 Å². The third-order valence-electron chi connectivity index (χ3n) is 5.21. The number of carbonyl (C=O) groups is 3. The number of hydrogen-bond donors (Lipinski definition) is 3. The highest BCUT2D eigenvalue weighted by Crippen LogP contribution is 2.36. The molecule has 2 aromatic rings. The first-order valence-electron chi connectivity index (χ1n) is 9.69. The van der Waals surface area contributed by atoms with Gasteiger partial charge in [-0.2, -0.15) is 0 Å². The van der Waals surface area contributed by atoms with E-state index in [4.69, 9.17) is 11.6 Å². The van der Waals surface area contributed by atoms with Gasteiger partial charge in [0.1, 0.15) is 5.00 Å². The van der Waals surface area contributed by atoms with Crippen LogP contribution in [-0.4, -0.2) is 22.9 Å². The van der Waals surface area contributed by atoms with Gasteiger partial charge < -0.3 is 15.7 Å². The van der Waals surface area contributed by atoms with E-state index in [1.54, 1.807) is 30.3 Å². The number of allylic oxidation sites excluding steroid dienone is 2. The lowest BCUT2D eigenvalue weighted by atomic mass is 9.82. The lowest BCUT2D eigenvalue weighted by molar-refractivity contribution is -0.146. The van der Waals surface area contributed by atoms with E-state index in [-0.39, 0.29) is 11.8 Å². The third kappa shape index (κ3) is 4.74. The maximum atomic E-state index is 13.0. The lowest BCUT2D eigenvalue weighted by Gasteiger charge is -2.24. The summed E-state index contributed by atoms with van der Waals surface area (Å²) < 4.78 is 0. The molecular weight excluding hydrogens is 424 g/mol. The lowest BCUT2D eigenvalue weighted by Crippen LogP contribution is -2.35.